The molecule has 1 aliphatic heterocycles. The van der Waals surface area contributed by atoms with Gasteiger partial charge in [-0.1, -0.05) is 6.92 Å². The Morgan fingerprint density at radius 2 is 1.97 bits per heavy atom. The van der Waals surface area contributed by atoms with Crippen molar-refractivity contribution in [2.75, 3.05) is 6.61 Å². The highest BCUT2D eigenvalue weighted by molar-refractivity contribution is 5.92. The van der Waals surface area contributed by atoms with E-state index in [4.69, 9.17) is 14.2 Å². The van der Waals surface area contributed by atoms with Crippen LogP contribution in [0.5, 0.6) is 5.75 Å². The first-order valence-corrected chi connectivity index (χ1v) is 11.1. The van der Waals surface area contributed by atoms with E-state index >= 15 is 0 Å². The summed E-state index contributed by atoms with van der Waals surface area (Å²) in [6, 6.07) is 4.30. The van der Waals surface area contributed by atoms with Crippen LogP contribution < -0.4 is 4.74 Å². The highest BCUT2D eigenvalue weighted by Crippen LogP contribution is 2.62. The van der Waals surface area contributed by atoms with Crippen molar-refractivity contribution < 1.29 is 23.8 Å². The molecule has 0 radical (unpaired) electrons. The molecule has 0 saturated heterocycles. The third-order valence-electron chi connectivity index (χ3n) is 7.88. The molecular weight excluding hydrogens is 382 g/mol. The minimum absolute atomic E-state index is 0.0511. The lowest BCUT2D eigenvalue weighted by Gasteiger charge is -2.50. The molecule has 0 N–H and O–H groups in total. The van der Waals surface area contributed by atoms with Crippen LogP contribution in [0, 0.1) is 17.3 Å². The summed E-state index contributed by atoms with van der Waals surface area (Å²) in [5.41, 5.74) is 3.58. The van der Waals surface area contributed by atoms with Crippen molar-refractivity contribution in [3.8, 4) is 5.75 Å². The maximum atomic E-state index is 11.6. The number of hydrogen-bond donors (Lipinski definition) is 0. The van der Waals surface area contributed by atoms with Gasteiger partial charge in [0, 0.05) is 19.3 Å². The van der Waals surface area contributed by atoms with Gasteiger partial charge in [0.05, 0.1) is 0 Å². The van der Waals surface area contributed by atoms with Gasteiger partial charge in [-0.15, -0.1) is 0 Å². The van der Waals surface area contributed by atoms with E-state index < -0.39 is 0 Å². The lowest BCUT2D eigenvalue weighted by atomic mass is 9.55. The van der Waals surface area contributed by atoms with Crippen LogP contribution in [-0.2, 0) is 25.5 Å². The fourth-order valence-electron chi connectivity index (χ4n) is 6.66. The summed E-state index contributed by atoms with van der Waals surface area (Å²) >= 11 is 0. The van der Waals surface area contributed by atoms with Crippen molar-refractivity contribution in [1.29, 1.82) is 0 Å². The number of esters is 2. The van der Waals surface area contributed by atoms with Gasteiger partial charge in [-0.2, -0.15) is 0 Å². The van der Waals surface area contributed by atoms with Gasteiger partial charge in [-0.05, 0) is 79.5 Å². The van der Waals surface area contributed by atoms with Crippen LogP contribution in [0.2, 0.25) is 0 Å². The predicted octanol–water partition coefficient (Wildman–Crippen LogP) is 4.46. The minimum atomic E-state index is -0.381. The molecule has 160 valence electrons. The Bertz CT molecular complexity index is 938. The molecule has 2 fully saturated rings. The average Bonchev–Trinajstić information content (AvgIpc) is 3.01. The predicted molar refractivity (Wildman–Crippen MR) is 111 cm³/mol. The van der Waals surface area contributed by atoms with E-state index in [-0.39, 0.29) is 30.1 Å². The van der Waals surface area contributed by atoms with Gasteiger partial charge in [-0.3, -0.25) is 9.59 Å². The van der Waals surface area contributed by atoms with E-state index in [0.29, 0.717) is 23.7 Å². The second kappa shape index (κ2) is 7.10. The summed E-state index contributed by atoms with van der Waals surface area (Å²) in [7, 11) is 0. The van der Waals surface area contributed by atoms with Gasteiger partial charge in [0.2, 0.25) is 5.90 Å². The van der Waals surface area contributed by atoms with Crippen molar-refractivity contribution in [3.63, 3.8) is 0 Å². The van der Waals surface area contributed by atoms with E-state index in [2.05, 4.69) is 24.0 Å². The molecule has 1 heterocycles. The molecular formula is C24H29NO5. The Balaban J connectivity index is 1.45. The third kappa shape index (κ3) is 3.12. The topological polar surface area (TPSA) is 74.2 Å². The van der Waals surface area contributed by atoms with Gasteiger partial charge in [0.1, 0.15) is 17.5 Å². The zero-order chi connectivity index (χ0) is 21.0. The zero-order valence-corrected chi connectivity index (χ0v) is 17.9. The van der Waals surface area contributed by atoms with Crippen molar-refractivity contribution in [2.24, 2.45) is 22.2 Å². The van der Waals surface area contributed by atoms with Gasteiger partial charge in [0.25, 0.3) is 0 Å². The molecule has 3 aliphatic carbocycles. The number of aryl methyl sites for hydroxylation is 1. The van der Waals surface area contributed by atoms with Crippen molar-refractivity contribution in [3.05, 3.63) is 23.3 Å². The Morgan fingerprint density at radius 3 is 2.73 bits per heavy atom. The summed E-state index contributed by atoms with van der Waals surface area (Å²) in [5, 5.41) is 0. The van der Waals surface area contributed by atoms with Gasteiger partial charge in [0.15, 0.2) is 6.61 Å². The normalized spacial score (nSPS) is 33.8. The van der Waals surface area contributed by atoms with Gasteiger partial charge < -0.3 is 14.2 Å². The van der Waals surface area contributed by atoms with E-state index in [0.717, 1.165) is 43.5 Å². The van der Waals surface area contributed by atoms with E-state index in [1.165, 1.54) is 31.4 Å². The number of hydrogen-bond acceptors (Lipinski definition) is 6. The number of ether oxygens (including phenoxy) is 3. The number of carbonyl (C=O) groups excluding carboxylic acids is 2. The lowest BCUT2D eigenvalue weighted by Crippen LogP contribution is -2.45. The van der Waals surface area contributed by atoms with Crippen LogP contribution in [0.3, 0.4) is 0 Å². The molecule has 30 heavy (non-hydrogen) atoms. The second-order valence-electron chi connectivity index (χ2n) is 9.54. The monoisotopic (exact) mass is 411 g/mol. The van der Waals surface area contributed by atoms with E-state index in [9.17, 15) is 9.59 Å². The SMILES string of the molecule is CC(=O)OC1=Nc2cc3c(cc2OC1)CC[C@@H]1[C@@H]3CC[C@]2(C)[C@@H](OC(C)=O)CC[C@@H]12. The van der Waals surface area contributed by atoms with Gasteiger partial charge in [-0.25, -0.2) is 4.99 Å². The molecule has 0 aromatic heterocycles. The highest BCUT2D eigenvalue weighted by Gasteiger charge is 2.56. The number of rotatable bonds is 1. The molecule has 0 unspecified atom stereocenters. The molecule has 2 saturated carbocycles. The minimum Gasteiger partial charge on any atom is -0.482 e. The molecule has 5 atom stereocenters. The fraction of sp³-hybridized carbons (Fsp3) is 0.625. The molecule has 4 aliphatic rings. The third-order valence-corrected chi connectivity index (χ3v) is 7.88. The molecule has 0 spiro atoms. The van der Waals surface area contributed by atoms with E-state index in [1.807, 2.05) is 0 Å². The summed E-state index contributed by atoms with van der Waals surface area (Å²) in [5.74, 6) is 2.25. The molecule has 0 bridgehead atoms. The Labute approximate surface area is 177 Å². The molecule has 6 nitrogen and oxygen atoms in total. The first-order valence-electron chi connectivity index (χ1n) is 11.1. The molecule has 6 heteroatoms. The summed E-state index contributed by atoms with van der Waals surface area (Å²) in [6.45, 7) is 5.42. The molecule has 5 rings (SSSR count). The van der Waals surface area contributed by atoms with Crippen LogP contribution in [0.25, 0.3) is 0 Å². The lowest BCUT2D eigenvalue weighted by molar-refractivity contribution is -0.154. The molecule has 0 amide bonds. The Morgan fingerprint density at radius 1 is 1.13 bits per heavy atom. The number of carbonyl (C=O) groups is 2. The number of benzene rings is 1. The van der Waals surface area contributed by atoms with Crippen molar-refractivity contribution in [1.82, 2.24) is 0 Å². The summed E-state index contributed by atoms with van der Waals surface area (Å²) in [4.78, 5) is 27.4. The fourth-order valence-corrected chi connectivity index (χ4v) is 6.66. The summed E-state index contributed by atoms with van der Waals surface area (Å²) in [6.07, 6.45) is 6.55. The summed E-state index contributed by atoms with van der Waals surface area (Å²) < 4.78 is 16.7. The standard InChI is InChI=1S/C24H29NO5/c1-13(26)29-22-7-6-19-17-5-4-15-10-21-20(25-23(12-28-21)30-14(2)27)11-18(15)16(17)8-9-24(19,22)3/h10-11,16-17,19,22H,4-9,12H2,1-3H3/t16-,17+,19-,22-,24-/m0/s1. The quantitative estimate of drug-likeness (QED) is 0.638. The van der Waals surface area contributed by atoms with Crippen molar-refractivity contribution in [2.45, 2.75) is 71.3 Å². The van der Waals surface area contributed by atoms with Crippen LogP contribution in [0.1, 0.15) is 69.9 Å². The van der Waals surface area contributed by atoms with Crippen LogP contribution in [0.4, 0.5) is 5.69 Å². The van der Waals surface area contributed by atoms with E-state index in [1.54, 1.807) is 0 Å². The maximum absolute atomic E-state index is 11.6. The van der Waals surface area contributed by atoms with Crippen LogP contribution in [0.15, 0.2) is 17.1 Å². The van der Waals surface area contributed by atoms with Gasteiger partial charge >= 0.3 is 11.9 Å². The van der Waals surface area contributed by atoms with Crippen LogP contribution in [-0.4, -0.2) is 30.5 Å². The maximum Gasteiger partial charge on any atom is 0.309 e. The first kappa shape index (κ1) is 19.6. The molecule has 1 aromatic carbocycles. The molecule has 1 aromatic rings. The smallest absolute Gasteiger partial charge is 0.309 e. The average molecular weight is 411 g/mol. The van der Waals surface area contributed by atoms with Crippen molar-refractivity contribution >= 4 is 23.5 Å². The largest absolute Gasteiger partial charge is 0.482 e. The zero-order valence-electron chi connectivity index (χ0n) is 17.9. The number of nitrogens with zero attached hydrogens (tertiary/aromatic N) is 1. The Kier molecular flexibility index (Phi) is 4.64. The number of aliphatic imine (C=N–C) groups is 1. The Hall–Kier alpha value is -2.37. The number of fused-ring (bicyclic) bond motifs is 6. The highest BCUT2D eigenvalue weighted by atomic mass is 16.6. The van der Waals surface area contributed by atoms with Crippen LogP contribution >= 0.6 is 0 Å². The second-order valence-corrected chi connectivity index (χ2v) is 9.54. The first-order chi connectivity index (χ1) is 14.3.